The Morgan fingerprint density at radius 2 is 2.05 bits per heavy atom. The maximum atomic E-state index is 5.49. The van der Waals surface area contributed by atoms with Crippen molar-refractivity contribution in [2.45, 2.75) is 32.6 Å². The van der Waals surface area contributed by atoms with E-state index in [0.717, 1.165) is 28.4 Å². The van der Waals surface area contributed by atoms with Gasteiger partial charge in [0.05, 0.1) is 12.8 Å². The van der Waals surface area contributed by atoms with Crippen LogP contribution in [-0.4, -0.2) is 17.1 Å². The van der Waals surface area contributed by atoms with Gasteiger partial charge in [-0.25, -0.2) is 4.98 Å². The SMILES string of the molecule is COc1ccc(C)cc1-c1[nH]c(C2CC2)nc(=S)c1C. The Kier molecular flexibility index (Phi) is 3.34. The third kappa shape index (κ3) is 2.36. The summed E-state index contributed by atoms with van der Waals surface area (Å²) in [6.07, 6.45) is 2.40. The van der Waals surface area contributed by atoms with E-state index in [1.807, 2.05) is 13.0 Å². The highest BCUT2D eigenvalue weighted by molar-refractivity contribution is 7.71. The molecule has 2 aromatic rings. The number of hydrogen-bond acceptors (Lipinski definition) is 3. The van der Waals surface area contributed by atoms with Crippen molar-refractivity contribution in [3.63, 3.8) is 0 Å². The fraction of sp³-hybridized carbons (Fsp3) is 0.375. The number of benzene rings is 1. The van der Waals surface area contributed by atoms with Gasteiger partial charge in [-0.1, -0.05) is 23.8 Å². The molecule has 0 atom stereocenters. The van der Waals surface area contributed by atoms with Crippen LogP contribution in [0.4, 0.5) is 0 Å². The van der Waals surface area contributed by atoms with Crippen molar-refractivity contribution in [3.8, 4) is 17.0 Å². The molecule has 1 saturated carbocycles. The first kappa shape index (κ1) is 13.3. The van der Waals surface area contributed by atoms with E-state index in [1.54, 1.807) is 7.11 Å². The lowest BCUT2D eigenvalue weighted by Crippen LogP contribution is -2.01. The summed E-state index contributed by atoms with van der Waals surface area (Å²) in [5.41, 5.74) is 4.30. The van der Waals surface area contributed by atoms with Crippen LogP contribution in [-0.2, 0) is 0 Å². The fourth-order valence-electron chi connectivity index (χ4n) is 2.39. The van der Waals surface area contributed by atoms with Crippen LogP contribution in [0.5, 0.6) is 5.75 Å². The molecule has 1 fully saturated rings. The number of methoxy groups -OCH3 is 1. The summed E-state index contributed by atoms with van der Waals surface area (Å²) in [7, 11) is 1.70. The Morgan fingerprint density at radius 3 is 2.70 bits per heavy atom. The molecule has 0 radical (unpaired) electrons. The Morgan fingerprint density at radius 1 is 1.30 bits per heavy atom. The van der Waals surface area contributed by atoms with Gasteiger partial charge in [-0.2, -0.15) is 0 Å². The molecule has 4 heteroatoms. The van der Waals surface area contributed by atoms with Crippen molar-refractivity contribution < 1.29 is 4.74 Å². The highest BCUT2D eigenvalue weighted by Gasteiger charge is 2.27. The van der Waals surface area contributed by atoms with Gasteiger partial charge in [0.15, 0.2) is 0 Å². The topological polar surface area (TPSA) is 37.9 Å². The minimum absolute atomic E-state index is 0.548. The second-order valence-corrected chi connectivity index (χ2v) is 5.79. The molecular formula is C16H18N2OS. The van der Waals surface area contributed by atoms with Crippen molar-refractivity contribution in [3.05, 3.63) is 39.8 Å². The number of aryl methyl sites for hydroxylation is 1. The Labute approximate surface area is 124 Å². The quantitative estimate of drug-likeness (QED) is 0.854. The largest absolute Gasteiger partial charge is 0.496 e. The normalized spacial score (nSPS) is 14.3. The summed E-state index contributed by atoms with van der Waals surface area (Å²) in [5.74, 6) is 2.42. The molecule has 0 aliphatic heterocycles. The average molecular weight is 286 g/mol. The van der Waals surface area contributed by atoms with Crippen molar-refractivity contribution in [1.82, 2.24) is 9.97 Å². The predicted octanol–water partition coefficient (Wildman–Crippen LogP) is 4.31. The average Bonchev–Trinajstić information content (AvgIpc) is 3.26. The summed E-state index contributed by atoms with van der Waals surface area (Å²) in [5, 5.41) is 0. The summed E-state index contributed by atoms with van der Waals surface area (Å²) in [6.45, 7) is 4.09. The lowest BCUT2D eigenvalue weighted by molar-refractivity contribution is 0.416. The van der Waals surface area contributed by atoms with Gasteiger partial charge in [0, 0.05) is 17.0 Å². The summed E-state index contributed by atoms with van der Waals surface area (Å²) in [4.78, 5) is 7.99. The van der Waals surface area contributed by atoms with Crippen LogP contribution in [0.2, 0.25) is 0 Å². The van der Waals surface area contributed by atoms with E-state index in [-0.39, 0.29) is 0 Å². The Hall–Kier alpha value is -1.68. The van der Waals surface area contributed by atoms with Gasteiger partial charge in [-0.05, 0) is 38.8 Å². The minimum Gasteiger partial charge on any atom is -0.496 e. The summed E-state index contributed by atoms with van der Waals surface area (Å²) < 4.78 is 6.18. The van der Waals surface area contributed by atoms with Crippen LogP contribution in [0, 0.1) is 18.5 Å². The van der Waals surface area contributed by atoms with Crippen LogP contribution >= 0.6 is 12.2 Å². The van der Waals surface area contributed by atoms with Crippen LogP contribution in [0.3, 0.4) is 0 Å². The van der Waals surface area contributed by atoms with Crippen molar-refractivity contribution >= 4 is 12.2 Å². The van der Waals surface area contributed by atoms with Crippen molar-refractivity contribution in [2.24, 2.45) is 0 Å². The van der Waals surface area contributed by atoms with E-state index >= 15 is 0 Å². The second kappa shape index (κ2) is 5.02. The first-order chi connectivity index (χ1) is 9.60. The lowest BCUT2D eigenvalue weighted by atomic mass is 10.0. The molecule has 1 heterocycles. The number of rotatable bonds is 3. The standard InChI is InChI=1S/C16H18N2OS/c1-9-4-7-13(19-3)12(8-9)14-10(2)16(20)18-15(17-14)11-5-6-11/h4,7-8,11H,5-6H2,1-3H3,(H,17,18,20). The zero-order valence-electron chi connectivity index (χ0n) is 12.0. The molecule has 1 N–H and O–H groups in total. The van der Waals surface area contributed by atoms with Gasteiger partial charge in [-0.15, -0.1) is 0 Å². The zero-order chi connectivity index (χ0) is 14.3. The first-order valence-electron chi connectivity index (χ1n) is 6.86. The van der Waals surface area contributed by atoms with Crippen molar-refractivity contribution in [2.75, 3.05) is 7.11 Å². The van der Waals surface area contributed by atoms with Gasteiger partial charge in [0.1, 0.15) is 16.2 Å². The third-order valence-corrected chi connectivity index (χ3v) is 4.16. The van der Waals surface area contributed by atoms with Gasteiger partial charge in [-0.3, -0.25) is 0 Å². The van der Waals surface area contributed by atoms with Gasteiger partial charge >= 0.3 is 0 Å². The molecule has 3 nitrogen and oxygen atoms in total. The number of nitrogens with zero attached hydrogens (tertiary/aromatic N) is 1. The number of ether oxygens (including phenoxy) is 1. The number of aromatic nitrogens is 2. The molecule has 104 valence electrons. The van der Waals surface area contributed by atoms with Crippen molar-refractivity contribution in [1.29, 1.82) is 0 Å². The monoisotopic (exact) mass is 286 g/mol. The van der Waals surface area contributed by atoms with Gasteiger partial charge in [0.2, 0.25) is 0 Å². The van der Waals surface area contributed by atoms with Crippen LogP contribution in [0.25, 0.3) is 11.3 Å². The first-order valence-corrected chi connectivity index (χ1v) is 7.27. The molecule has 20 heavy (non-hydrogen) atoms. The minimum atomic E-state index is 0.548. The molecule has 1 aromatic heterocycles. The molecule has 0 amide bonds. The third-order valence-electron chi connectivity index (χ3n) is 3.76. The van der Waals surface area contributed by atoms with E-state index < -0.39 is 0 Å². The van der Waals surface area contributed by atoms with Crippen LogP contribution in [0.1, 0.15) is 35.7 Å². The number of aromatic amines is 1. The second-order valence-electron chi connectivity index (χ2n) is 5.41. The van der Waals surface area contributed by atoms with Crippen LogP contribution < -0.4 is 4.74 Å². The fourth-order valence-corrected chi connectivity index (χ4v) is 2.59. The smallest absolute Gasteiger partial charge is 0.133 e. The number of H-pyrrole nitrogens is 1. The Bertz CT molecular complexity index is 717. The zero-order valence-corrected chi connectivity index (χ0v) is 12.8. The molecule has 0 unspecified atom stereocenters. The molecule has 1 aromatic carbocycles. The molecule has 0 bridgehead atoms. The highest BCUT2D eigenvalue weighted by Crippen LogP contribution is 2.40. The lowest BCUT2D eigenvalue weighted by Gasteiger charge is -2.13. The van der Waals surface area contributed by atoms with Gasteiger partial charge < -0.3 is 9.72 Å². The molecule has 0 spiro atoms. The van der Waals surface area contributed by atoms with Crippen LogP contribution in [0.15, 0.2) is 18.2 Å². The highest BCUT2D eigenvalue weighted by atomic mass is 32.1. The van der Waals surface area contributed by atoms with E-state index in [0.29, 0.717) is 10.6 Å². The van der Waals surface area contributed by atoms with E-state index in [4.69, 9.17) is 17.0 Å². The molecule has 1 aliphatic carbocycles. The Balaban J connectivity index is 2.23. The van der Waals surface area contributed by atoms with E-state index in [9.17, 15) is 0 Å². The molecule has 0 saturated heterocycles. The molecular weight excluding hydrogens is 268 g/mol. The number of nitrogens with one attached hydrogen (secondary N) is 1. The van der Waals surface area contributed by atoms with E-state index in [1.165, 1.54) is 18.4 Å². The maximum absolute atomic E-state index is 5.49. The molecule has 3 rings (SSSR count). The predicted molar refractivity (Wildman–Crippen MR) is 82.9 cm³/mol. The molecule has 1 aliphatic rings. The summed E-state index contributed by atoms with van der Waals surface area (Å²) in [6, 6.07) is 6.18. The number of hydrogen-bond donors (Lipinski definition) is 1. The van der Waals surface area contributed by atoms with Gasteiger partial charge in [0.25, 0.3) is 0 Å². The summed E-state index contributed by atoms with van der Waals surface area (Å²) >= 11 is 5.42. The maximum Gasteiger partial charge on any atom is 0.133 e. The van der Waals surface area contributed by atoms with E-state index in [2.05, 4.69) is 29.0 Å².